The normalized spacial score (nSPS) is 14.5. The first-order valence-electron chi connectivity index (χ1n) is 11.3. The molecule has 0 saturated carbocycles. The molecule has 3 rings (SSSR count). The van der Waals surface area contributed by atoms with Crippen molar-refractivity contribution in [1.29, 1.82) is 0 Å². The lowest BCUT2D eigenvalue weighted by Gasteiger charge is -2.35. The van der Waals surface area contributed by atoms with Gasteiger partial charge in [-0.3, -0.25) is 0 Å². The van der Waals surface area contributed by atoms with Gasteiger partial charge in [0.05, 0.1) is 0 Å². The van der Waals surface area contributed by atoms with Crippen LogP contribution in [-0.2, 0) is 21.7 Å². The van der Waals surface area contributed by atoms with E-state index in [4.69, 9.17) is 10.1 Å². The van der Waals surface area contributed by atoms with E-state index in [0.29, 0.717) is 11.4 Å². The van der Waals surface area contributed by atoms with Crippen LogP contribution < -0.4 is 10.1 Å². The Morgan fingerprint density at radius 2 is 1.10 bits per heavy atom. The Balaban J connectivity index is 2.35. The summed E-state index contributed by atoms with van der Waals surface area (Å²) >= 11 is 0. The van der Waals surface area contributed by atoms with Gasteiger partial charge in [0.1, 0.15) is 17.1 Å². The zero-order chi connectivity index (χ0) is 23.7. The lowest BCUT2D eigenvalue weighted by Crippen LogP contribution is -2.22. The number of aromatic hydroxyl groups is 1. The largest absolute Gasteiger partial charge is 0.505 e. The number of benzene rings is 2. The lowest BCUT2D eigenvalue weighted by atomic mass is 9.78. The number of ether oxygens (including phenoxy) is 1. The molecule has 0 atom stereocenters. The summed E-state index contributed by atoms with van der Waals surface area (Å²) < 4.78 is 6.66. The standard InChI is InChI=1S/C28H40NO2/c1-25(2,3)16-13-18(27(7,8)9)23-20(14-16)29-21-22(30)17(26(4,5)6)15-19(24(21)31-23)28(10,11)12/h13-15,30H,1-12H3. The van der Waals surface area contributed by atoms with Crippen molar-refractivity contribution < 1.29 is 9.84 Å². The molecule has 0 saturated heterocycles. The summed E-state index contributed by atoms with van der Waals surface area (Å²) in [4.78, 5) is 0. The van der Waals surface area contributed by atoms with Gasteiger partial charge in [-0.25, -0.2) is 5.32 Å². The fourth-order valence-electron chi connectivity index (χ4n) is 3.99. The molecule has 1 radical (unpaired) electrons. The average Bonchev–Trinajstić information content (AvgIpc) is 2.55. The molecule has 31 heavy (non-hydrogen) atoms. The first kappa shape index (κ1) is 23.5. The molecule has 1 N–H and O–H groups in total. The molecule has 0 spiro atoms. The van der Waals surface area contributed by atoms with E-state index < -0.39 is 0 Å². The molecule has 0 fully saturated rings. The second-order valence-electron chi connectivity index (χ2n) is 13.1. The van der Waals surface area contributed by atoms with Crippen molar-refractivity contribution in [2.45, 2.75) is 105 Å². The van der Waals surface area contributed by atoms with Gasteiger partial charge >= 0.3 is 0 Å². The SMILES string of the molecule is CC(C)(C)c1cc2c(c(C(C)(C)C)c1)Oc1c(C(C)(C)C)cc(C(C)(C)C)c(O)c1[N]2. The maximum Gasteiger partial charge on any atom is 0.160 e. The minimum absolute atomic E-state index is 0.0172. The molecule has 3 heteroatoms. The third-order valence-electron chi connectivity index (χ3n) is 6.02. The quantitative estimate of drug-likeness (QED) is 0.396. The van der Waals surface area contributed by atoms with Gasteiger partial charge in [0.25, 0.3) is 0 Å². The van der Waals surface area contributed by atoms with Crippen LogP contribution in [0.15, 0.2) is 18.2 Å². The molecule has 169 valence electrons. The Hall–Kier alpha value is -2.16. The maximum absolute atomic E-state index is 11.3. The van der Waals surface area contributed by atoms with E-state index in [-0.39, 0.29) is 27.4 Å². The van der Waals surface area contributed by atoms with Crippen molar-refractivity contribution in [2.75, 3.05) is 0 Å². The fraction of sp³-hybridized carbons (Fsp3) is 0.571. The van der Waals surface area contributed by atoms with Crippen molar-refractivity contribution in [3.05, 3.63) is 40.5 Å². The van der Waals surface area contributed by atoms with Crippen molar-refractivity contribution in [1.82, 2.24) is 5.32 Å². The van der Waals surface area contributed by atoms with E-state index in [1.165, 1.54) is 5.56 Å². The summed E-state index contributed by atoms with van der Waals surface area (Å²) in [6.45, 7) is 26.2. The van der Waals surface area contributed by atoms with E-state index in [1.54, 1.807) is 0 Å². The van der Waals surface area contributed by atoms with Crippen LogP contribution in [0.5, 0.6) is 17.2 Å². The fourth-order valence-corrected chi connectivity index (χ4v) is 3.99. The number of rotatable bonds is 0. The van der Waals surface area contributed by atoms with Gasteiger partial charge in [-0.2, -0.15) is 0 Å². The van der Waals surface area contributed by atoms with Crippen LogP contribution in [0.1, 0.15) is 105 Å². The molecule has 1 aliphatic rings. The zero-order valence-corrected chi connectivity index (χ0v) is 21.5. The minimum Gasteiger partial charge on any atom is -0.505 e. The van der Waals surface area contributed by atoms with Crippen molar-refractivity contribution in [2.24, 2.45) is 0 Å². The van der Waals surface area contributed by atoms with Gasteiger partial charge in [-0.05, 0) is 39.4 Å². The highest BCUT2D eigenvalue weighted by atomic mass is 16.5. The van der Waals surface area contributed by atoms with Crippen molar-refractivity contribution in [3.8, 4) is 17.2 Å². The molecule has 0 bridgehead atoms. The number of fused-ring (bicyclic) bond motifs is 2. The van der Waals surface area contributed by atoms with Crippen molar-refractivity contribution in [3.63, 3.8) is 0 Å². The van der Waals surface area contributed by atoms with E-state index in [2.05, 4.69) is 101 Å². The van der Waals surface area contributed by atoms with E-state index >= 15 is 0 Å². The van der Waals surface area contributed by atoms with Gasteiger partial charge in [0.2, 0.25) is 0 Å². The molecular formula is C28H40NO2. The molecule has 0 aliphatic carbocycles. The molecule has 2 aromatic rings. The molecule has 0 unspecified atom stereocenters. The summed E-state index contributed by atoms with van der Waals surface area (Å²) in [6.07, 6.45) is 0. The van der Waals surface area contributed by atoms with Crippen LogP contribution in [-0.4, -0.2) is 5.11 Å². The summed E-state index contributed by atoms with van der Waals surface area (Å²) in [6, 6.07) is 6.49. The van der Waals surface area contributed by atoms with Crippen molar-refractivity contribution >= 4 is 11.4 Å². The highest BCUT2D eigenvalue weighted by molar-refractivity contribution is 5.79. The molecule has 1 heterocycles. The Labute approximate surface area is 189 Å². The Kier molecular flexibility index (Phi) is 5.25. The lowest BCUT2D eigenvalue weighted by molar-refractivity contribution is 0.405. The average molecular weight is 423 g/mol. The molecule has 0 aromatic heterocycles. The van der Waals surface area contributed by atoms with Gasteiger partial charge in [-0.1, -0.05) is 89.2 Å². The molecular weight excluding hydrogens is 382 g/mol. The Bertz CT molecular complexity index is 1020. The van der Waals surface area contributed by atoms with Gasteiger partial charge in [0, 0.05) is 16.7 Å². The number of nitrogens with zero attached hydrogens (tertiary/aromatic N) is 1. The highest BCUT2D eigenvalue weighted by Crippen LogP contribution is 2.56. The topological polar surface area (TPSA) is 43.6 Å². The number of hydrogen-bond donors (Lipinski definition) is 1. The van der Waals surface area contributed by atoms with Gasteiger partial charge in [0.15, 0.2) is 11.5 Å². The highest BCUT2D eigenvalue weighted by Gasteiger charge is 2.36. The second-order valence-corrected chi connectivity index (χ2v) is 13.1. The van der Waals surface area contributed by atoms with Gasteiger partial charge in [-0.15, -0.1) is 0 Å². The third-order valence-corrected chi connectivity index (χ3v) is 6.02. The van der Waals surface area contributed by atoms with E-state index in [0.717, 1.165) is 28.1 Å². The molecule has 3 nitrogen and oxygen atoms in total. The zero-order valence-electron chi connectivity index (χ0n) is 21.5. The first-order chi connectivity index (χ1) is 13.8. The van der Waals surface area contributed by atoms with Crippen LogP contribution >= 0.6 is 0 Å². The monoisotopic (exact) mass is 422 g/mol. The maximum atomic E-state index is 11.3. The minimum atomic E-state index is -0.210. The van der Waals surface area contributed by atoms with Crippen LogP contribution in [0.25, 0.3) is 0 Å². The third kappa shape index (κ3) is 4.29. The van der Waals surface area contributed by atoms with Crippen LogP contribution in [0.2, 0.25) is 0 Å². The summed E-state index contributed by atoms with van der Waals surface area (Å²) in [5, 5.41) is 16.3. The van der Waals surface area contributed by atoms with Crippen LogP contribution in [0, 0.1) is 0 Å². The molecule has 1 aliphatic heterocycles. The molecule has 2 aromatic carbocycles. The summed E-state index contributed by atoms with van der Waals surface area (Å²) in [7, 11) is 0. The second kappa shape index (κ2) is 6.92. The Morgan fingerprint density at radius 3 is 1.55 bits per heavy atom. The Morgan fingerprint density at radius 1 is 0.613 bits per heavy atom. The number of phenols is 1. The van der Waals surface area contributed by atoms with Gasteiger partial charge < -0.3 is 9.84 Å². The smallest absolute Gasteiger partial charge is 0.160 e. The van der Waals surface area contributed by atoms with Crippen LogP contribution in [0.4, 0.5) is 11.4 Å². The number of phenolic OH excluding ortho intramolecular Hbond substituents is 1. The summed E-state index contributed by atoms with van der Waals surface area (Å²) in [5.41, 5.74) is 5.19. The predicted molar refractivity (Wildman–Crippen MR) is 131 cm³/mol. The van der Waals surface area contributed by atoms with Crippen LogP contribution in [0.3, 0.4) is 0 Å². The first-order valence-corrected chi connectivity index (χ1v) is 11.3. The van der Waals surface area contributed by atoms with E-state index in [9.17, 15) is 5.11 Å². The van der Waals surface area contributed by atoms with E-state index in [1.807, 2.05) is 0 Å². The number of hydrogen-bond acceptors (Lipinski definition) is 2. The summed E-state index contributed by atoms with van der Waals surface area (Å²) in [5.74, 6) is 1.71. The molecule has 0 amide bonds. The predicted octanol–water partition coefficient (Wildman–Crippen LogP) is 8.26.